The van der Waals surface area contributed by atoms with Crippen LogP contribution >= 0.6 is 0 Å². The molecule has 0 aromatic heterocycles. The quantitative estimate of drug-likeness (QED) is 0.182. The monoisotopic (exact) mass is 698 g/mol. The van der Waals surface area contributed by atoms with Crippen LogP contribution < -0.4 is 15.4 Å². The molecule has 1 saturated carbocycles. The first-order chi connectivity index (χ1) is 24.1. The lowest BCUT2D eigenvalue weighted by atomic mass is 9.56. The van der Waals surface area contributed by atoms with Crippen LogP contribution in [-0.4, -0.2) is 83.3 Å². The molecule has 0 radical (unpaired) electrons. The highest BCUT2D eigenvalue weighted by atomic mass is 16.6. The van der Waals surface area contributed by atoms with E-state index in [0.717, 1.165) is 69.2 Å². The summed E-state index contributed by atoms with van der Waals surface area (Å²) >= 11 is 0. The maximum Gasteiger partial charge on any atom is 0.332 e. The van der Waals surface area contributed by atoms with Crippen molar-refractivity contribution in [2.24, 2.45) is 17.3 Å². The molecule has 50 heavy (non-hydrogen) atoms. The lowest BCUT2D eigenvalue weighted by Crippen LogP contribution is -2.65. The van der Waals surface area contributed by atoms with Crippen molar-refractivity contribution >= 4 is 17.8 Å². The topological polar surface area (TPSA) is 164 Å². The van der Waals surface area contributed by atoms with E-state index in [0.29, 0.717) is 63.7 Å². The van der Waals surface area contributed by atoms with E-state index < -0.39 is 35.2 Å². The smallest absolute Gasteiger partial charge is 0.332 e. The molecule has 8 atom stereocenters. The zero-order valence-corrected chi connectivity index (χ0v) is 29.9. The van der Waals surface area contributed by atoms with Crippen molar-refractivity contribution in [3.8, 4) is 11.5 Å². The molecule has 3 fully saturated rings. The van der Waals surface area contributed by atoms with Crippen LogP contribution in [0, 0.1) is 17.3 Å². The number of aromatic hydroxyl groups is 1. The molecule has 2 aliphatic carbocycles. The van der Waals surface area contributed by atoms with Gasteiger partial charge in [0.05, 0.1) is 12.7 Å². The standard InChI is InChI=1S/C39H58N2O9/c1-24(43)6-5-8-28(49-25(2)44)22-33(50-37(47)39-16-4-3-7-27(39)9-14-34(46)41-39)38(17-19-40-20-18-38)31-12-10-29-26(15-21-42)23-48-36-32(45)13-11-30(31)35(29)36/h11,13,24,26-29,31,33,40,42-43,45H,3-10,12,14-23H2,1-2H3,(H,41,46). The average molecular weight is 699 g/mol. The molecular formula is C39H58N2O9. The summed E-state index contributed by atoms with van der Waals surface area (Å²) in [7, 11) is 0. The molecule has 11 nitrogen and oxygen atoms in total. The maximum absolute atomic E-state index is 14.8. The maximum atomic E-state index is 14.8. The molecule has 6 rings (SSSR count). The first-order valence-electron chi connectivity index (χ1n) is 19.3. The van der Waals surface area contributed by atoms with Crippen LogP contribution in [0.2, 0.25) is 0 Å². The number of nitrogens with one attached hydrogen (secondary N) is 2. The Bertz CT molecular complexity index is 1380. The number of fused-ring (bicyclic) bond motifs is 1. The van der Waals surface area contributed by atoms with Crippen LogP contribution in [0.25, 0.3) is 0 Å². The second-order valence-corrected chi connectivity index (χ2v) is 15.9. The Morgan fingerprint density at radius 3 is 2.60 bits per heavy atom. The van der Waals surface area contributed by atoms with Gasteiger partial charge in [-0.2, -0.15) is 0 Å². The van der Waals surface area contributed by atoms with Crippen LogP contribution in [0.1, 0.15) is 133 Å². The third-order valence-electron chi connectivity index (χ3n) is 12.8. The number of phenolic OH excluding ortho intramolecular Hbond substituents is 1. The molecule has 3 aliphatic heterocycles. The van der Waals surface area contributed by atoms with Gasteiger partial charge in [-0.15, -0.1) is 0 Å². The Morgan fingerprint density at radius 1 is 1.06 bits per heavy atom. The fraction of sp³-hybridized carbons (Fsp3) is 0.769. The van der Waals surface area contributed by atoms with Crippen molar-refractivity contribution in [1.29, 1.82) is 0 Å². The van der Waals surface area contributed by atoms with Crippen molar-refractivity contribution < 1.29 is 43.9 Å². The number of hydrogen-bond acceptors (Lipinski definition) is 10. The van der Waals surface area contributed by atoms with Gasteiger partial charge in [0.25, 0.3) is 0 Å². The van der Waals surface area contributed by atoms with E-state index >= 15 is 0 Å². The summed E-state index contributed by atoms with van der Waals surface area (Å²) in [4.78, 5) is 40.1. The number of carbonyl (C=O) groups excluding carboxylic acids is 3. The number of carbonyl (C=O) groups is 3. The number of piperidine rings is 2. The van der Waals surface area contributed by atoms with Crippen molar-refractivity contribution in [2.45, 2.75) is 146 Å². The van der Waals surface area contributed by atoms with Gasteiger partial charge in [0.15, 0.2) is 11.5 Å². The molecule has 2 saturated heterocycles. The number of rotatable bonds is 13. The third-order valence-corrected chi connectivity index (χ3v) is 12.8. The number of ether oxygens (including phenoxy) is 3. The number of benzene rings is 1. The summed E-state index contributed by atoms with van der Waals surface area (Å²) in [5.41, 5.74) is 0.498. The lowest BCUT2D eigenvalue weighted by molar-refractivity contribution is -0.180. The van der Waals surface area contributed by atoms with Gasteiger partial charge < -0.3 is 40.2 Å². The molecule has 11 heteroatoms. The Morgan fingerprint density at radius 2 is 1.86 bits per heavy atom. The molecule has 0 bridgehead atoms. The van der Waals surface area contributed by atoms with E-state index in [-0.39, 0.29) is 47.9 Å². The number of amides is 1. The molecule has 5 N–H and O–H groups in total. The van der Waals surface area contributed by atoms with Crippen molar-refractivity contribution in [2.75, 3.05) is 26.3 Å². The summed E-state index contributed by atoms with van der Waals surface area (Å²) < 4.78 is 19.0. The van der Waals surface area contributed by atoms with Crippen LogP contribution in [0.4, 0.5) is 0 Å². The SMILES string of the molecule is CC(=O)OC(CCCC(C)O)CC(OC(=O)C12CCCCC1CCC(=O)N2)C1(C2CCC3c4c2ccc(O)c4OCC3CCO)CCNCC1. The second-order valence-electron chi connectivity index (χ2n) is 15.9. The first-order valence-corrected chi connectivity index (χ1v) is 19.3. The van der Waals surface area contributed by atoms with E-state index in [4.69, 9.17) is 14.2 Å². The summed E-state index contributed by atoms with van der Waals surface area (Å²) in [6.45, 7) is 5.11. The van der Waals surface area contributed by atoms with E-state index in [1.54, 1.807) is 13.0 Å². The van der Waals surface area contributed by atoms with Gasteiger partial charge >= 0.3 is 11.9 Å². The van der Waals surface area contributed by atoms with Crippen LogP contribution in [0.15, 0.2) is 12.1 Å². The van der Waals surface area contributed by atoms with E-state index in [1.807, 2.05) is 6.07 Å². The van der Waals surface area contributed by atoms with Gasteiger partial charge in [0.1, 0.15) is 17.7 Å². The summed E-state index contributed by atoms with van der Waals surface area (Å²) in [6, 6.07) is 3.73. The number of phenols is 1. The molecule has 8 unspecified atom stereocenters. The number of aliphatic hydroxyl groups is 2. The van der Waals surface area contributed by atoms with Gasteiger partial charge in [-0.3, -0.25) is 9.59 Å². The molecule has 1 aromatic carbocycles. The molecule has 5 aliphatic rings. The fourth-order valence-corrected chi connectivity index (χ4v) is 10.4. The van der Waals surface area contributed by atoms with Crippen LogP contribution in [-0.2, 0) is 23.9 Å². The van der Waals surface area contributed by atoms with Crippen LogP contribution in [0.5, 0.6) is 11.5 Å². The summed E-state index contributed by atoms with van der Waals surface area (Å²) in [5, 5.41) is 37.5. The highest BCUT2D eigenvalue weighted by Gasteiger charge is 2.56. The highest BCUT2D eigenvalue weighted by Crippen LogP contribution is 2.60. The lowest BCUT2D eigenvalue weighted by Gasteiger charge is -2.53. The highest BCUT2D eigenvalue weighted by molar-refractivity contribution is 5.90. The molecule has 1 amide bonds. The average Bonchev–Trinajstić information content (AvgIpc) is 3.09. The Hall–Kier alpha value is -2.89. The Kier molecular flexibility index (Phi) is 11.6. The molecule has 0 spiro atoms. The van der Waals surface area contributed by atoms with E-state index in [2.05, 4.69) is 10.6 Å². The predicted molar refractivity (Wildman–Crippen MR) is 186 cm³/mol. The summed E-state index contributed by atoms with van der Waals surface area (Å²) in [5.74, 6) is -0.0171. The van der Waals surface area contributed by atoms with Gasteiger partial charge in [-0.25, -0.2) is 4.79 Å². The van der Waals surface area contributed by atoms with Gasteiger partial charge in [-0.1, -0.05) is 18.9 Å². The Labute approximate surface area is 296 Å². The number of aliphatic hydroxyl groups excluding tert-OH is 2. The van der Waals surface area contributed by atoms with Gasteiger partial charge in [0, 0.05) is 43.3 Å². The largest absolute Gasteiger partial charge is 0.504 e. The van der Waals surface area contributed by atoms with Crippen molar-refractivity contribution in [3.05, 3.63) is 23.3 Å². The molecule has 278 valence electrons. The first kappa shape index (κ1) is 36.9. The zero-order chi connectivity index (χ0) is 35.5. The molecule has 1 aromatic rings. The zero-order valence-electron chi connectivity index (χ0n) is 29.9. The number of hydrogen-bond donors (Lipinski definition) is 5. The van der Waals surface area contributed by atoms with Gasteiger partial charge in [0.2, 0.25) is 5.91 Å². The predicted octanol–water partition coefficient (Wildman–Crippen LogP) is 4.74. The number of esters is 2. The second kappa shape index (κ2) is 15.8. The minimum atomic E-state index is -1.07. The van der Waals surface area contributed by atoms with E-state index in [1.165, 1.54) is 6.92 Å². The Balaban J connectivity index is 1.42. The fourth-order valence-electron chi connectivity index (χ4n) is 10.4. The molecular weight excluding hydrogens is 640 g/mol. The van der Waals surface area contributed by atoms with E-state index in [9.17, 15) is 29.7 Å². The van der Waals surface area contributed by atoms with Gasteiger partial charge in [-0.05, 0) is 120 Å². The molecule has 3 heterocycles. The minimum absolute atomic E-state index is 0.0153. The van der Waals surface area contributed by atoms with Crippen LogP contribution in [0.3, 0.4) is 0 Å². The minimum Gasteiger partial charge on any atom is -0.504 e. The third kappa shape index (κ3) is 7.37. The normalized spacial score (nSPS) is 30.4. The van der Waals surface area contributed by atoms with Crippen molar-refractivity contribution in [1.82, 2.24) is 10.6 Å². The van der Waals surface area contributed by atoms with Crippen molar-refractivity contribution in [3.63, 3.8) is 0 Å². The summed E-state index contributed by atoms with van der Waals surface area (Å²) in [6.07, 6.45) is 8.47.